The first-order chi connectivity index (χ1) is 16.6. The van der Waals surface area contributed by atoms with Crippen LogP contribution in [-0.2, 0) is 13.6 Å². The van der Waals surface area contributed by atoms with Crippen LogP contribution in [0.25, 0.3) is 21.8 Å². The molecule has 4 aromatic rings. The van der Waals surface area contributed by atoms with E-state index in [4.69, 9.17) is 22.3 Å². The SMILES string of the molecule is CCCn1c(N)c(-c2nc(-c3ccc(Cl)cc3)c(C(=O)c3ccc(C)cc3C)s2)c(=O)n(C)c1=O. The highest BCUT2D eigenvalue weighted by atomic mass is 35.5. The lowest BCUT2D eigenvalue weighted by Crippen LogP contribution is -2.40. The molecule has 2 aromatic carbocycles. The van der Waals surface area contributed by atoms with Gasteiger partial charge in [0, 0.05) is 29.7 Å². The van der Waals surface area contributed by atoms with Crippen molar-refractivity contribution in [3.05, 3.63) is 89.9 Å². The minimum Gasteiger partial charge on any atom is -0.384 e. The first-order valence-corrected chi connectivity index (χ1v) is 12.3. The normalized spacial score (nSPS) is 11.1. The number of aryl methyl sites for hydroxylation is 2. The summed E-state index contributed by atoms with van der Waals surface area (Å²) in [6.07, 6.45) is 0.659. The number of thiazole rings is 1. The smallest absolute Gasteiger partial charge is 0.332 e. The molecular weight excluding hydrogens is 484 g/mol. The second kappa shape index (κ2) is 9.64. The first-order valence-electron chi connectivity index (χ1n) is 11.1. The van der Waals surface area contributed by atoms with Gasteiger partial charge in [0.25, 0.3) is 5.56 Å². The molecule has 35 heavy (non-hydrogen) atoms. The van der Waals surface area contributed by atoms with Gasteiger partial charge in [0.2, 0.25) is 5.78 Å². The number of anilines is 1. The molecule has 0 aliphatic heterocycles. The summed E-state index contributed by atoms with van der Waals surface area (Å²) in [6.45, 7) is 6.13. The van der Waals surface area contributed by atoms with E-state index in [-0.39, 0.29) is 22.2 Å². The van der Waals surface area contributed by atoms with Gasteiger partial charge in [-0.1, -0.05) is 54.4 Å². The van der Waals surface area contributed by atoms with E-state index in [1.807, 2.05) is 32.9 Å². The van der Waals surface area contributed by atoms with Crippen molar-refractivity contribution in [3.8, 4) is 21.8 Å². The highest BCUT2D eigenvalue weighted by Gasteiger charge is 2.26. The molecule has 2 N–H and O–H groups in total. The number of nitrogens with zero attached hydrogens (tertiary/aromatic N) is 3. The van der Waals surface area contributed by atoms with Gasteiger partial charge in [-0.25, -0.2) is 9.78 Å². The lowest BCUT2D eigenvalue weighted by molar-refractivity contribution is 0.104. The molecule has 9 heteroatoms. The Bertz CT molecular complexity index is 1570. The number of nitrogens with two attached hydrogens (primary N) is 1. The van der Waals surface area contributed by atoms with Gasteiger partial charge in [-0.3, -0.25) is 18.7 Å². The van der Waals surface area contributed by atoms with Crippen molar-refractivity contribution in [2.75, 3.05) is 5.73 Å². The van der Waals surface area contributed by atoms with E-state index < -0.39 is 11.2 Å². The third-order valence-electron chi connectivity index (χ3n) is 5.82. The number of nitrogen functional groups attached to an aromatic ring is 1. The third kappa shape index (κ3) is 4.47. The van der Waals surface area contributed by atoms with Gasteiger partial charge in [0.15, 0.2) is 0 Å². The van der Waals surface area contributed by atoms with Crippen molar-refractivity contribution in [3.63, 3.8) is 0 Å². The fraction of sp³-hybridized carbons (Fsp3) is 0.231. The van der Waals surface area contributed by atoms with E-state index >= 15 is 0 Å². The maximum atomic E-state index is 13.7. The van der Waals surface area contributed by atoms with Crippen molar-refractivity contribution in [1.82, 2.24) is 14.1 Å². The van der Waals surface area contributed by atoms with Gasteiger partial charge in [-0.15, -0.1) is 11.3 Å². The van der Waals surface area contributed by atoms with Gasteiger partial charge < -0.3 is 5.73 Å². The number of hydrogen-bond acceptors (Lipinski definition) is 6. The van der Waals surface area contributed by atoms with Crippen LogP contribution in [0.15, 0.2) is 52.1 Å². The first kappa shape index (κ1) is 24.6. The number of benzene rings is 2. The predicted molar refractivity (Wildman–Crippen MR) is 142 cm³/mol. The van der Waals surface area contributed by atoms with E-state index in [1.165, 1.54) is 11.6 Å². The molecule has 0 unspecified atom stereocenters. The molecule has 180 valence electrons. The van der Waals surface area contributed by atoms with Crippen LogP contribution in [0.5, 0.6) is 0 Å². The minimum absolute atomic E-state index is 0.0434. The average molecular weight is 509 g/mol. The summed E-state index contributed by atoms with van der Waals surface area (Å²) in [5.74, 6) is -0.157. The number of halogens is 1. The molecule has 0 atom stereocenters. The van der Waals surface area contributed by atoms with Gasteiger partial charge in [-0.2, -0.15) is 0 Å². The Labute approximate surface area is 211 Å². The molecule has 2 aromatic heterocycles. The van der Waals surface area contributed by atoms with Gasteiger partial charge in [0.1, 0.15) is 21.3 Å². The largest absolute Gasteiger partial charge is 0.384 e. The van der Waals surface area contributed by atoms with Crippen molar-refractivity contribution < 1.29 is 4.79 Å². The fourth-order valence-electron chi connectivity index (χ4n) is 4.00. The molecule has 2 heterocycles. The zero-order valence-corrected chi connectivity index (χ0v) is 21.5. The highest BCUT2D eigenvalue weighted by Crippen LogP contribution is 2.36. The van der Waals surface area contributed by atoms with Crippen LogP contribution in [0.3, 0.4) is 0 Å². The van der Waals surface area contributed by atoms with E-state index in [0.29, 0.717) is 39.7 Å². The molecule has 0 bridgehead atoms. The second-order valence-electron chi connectivity index (χ2n) is 8.41. The summed E-state index contributed by atoms with van der Waals surface area (Å²) >= 11 is 7.17. The van der Waals surface area contributed by atoms with Crippen LogP contribution in [0.2, 0.25) is 5.02 Å². The van der Waals surface area contributed by atoms with Crippen molar-refractivity contribution in [2.45, 2.75) is 33.7 Å². The average Bonchev–Trinajstić information content (AvgIpc) is 3.25. The maximum absolute atomic E-state index is 13.7. The molecule has 0 saturated carbocycles. The molecule has 0 aliphatic carbocycles. The summed E-state index contributed by atoms with van der Waals surface area (Å²) < 4.78 is 2.39. The van der Waals surface area contributed by atoms with Gasteiger partial charge in [-0.05, 0) is 38.0 Å². The second-order valence-corrected chi connectivity index (χ2v) is 9.85. The molecule has 0 spiro atoms. The third-order valence-corrected chi connectivity index (χ3v) is 7.15. The summed E-state index contributed by atoms with van der Waals surface area (Å²) in [7, 11) is 1.41. The summed E-state index contributed by atoms with van der Waals surface area (Å²) in [5.41, 5.74) is 8.97. The predicted octanol–water partition coefficient (Wildman–Crippen LogP) is 4.83. The van der Waals surface area contributed by atoms with Crippen LogP contribution in [0, 0.1) is 13.8 Å². The standard InChI is InChI=1S/C26H25ClN4O3S/c1-5-12-31-23(28)19(25(33)30(4)26(31)34)24-29-20(16-7-9-17(27)10-8-16)22(35-24)21(32)18-11-6-14(2)13-15(18)3/h6-11,13H,5,12,28H2,1-4H3. The quantitative estimate of drug-likeness (QED) is 0.376. The molecule has 0 amide bonds. The lowest BCUT2D eigenvalue weighted by atomic mass is 9.99. The van der Waals surface area contributed by atoms with Crippen LogP contribution in [0.1, 0.15) is 39.7 Å². The Balaban J connectivity index is 2.00. The summed E-state index contributed by atoms with van der Waals surface area (Å²) in [5, 5.41) is 0.835. The van der Waals surface area contributed by atoms with E-state index in [0.717, 1.165) is 27.0 Å². The number of ketones is 1. The zero-order valence-electron chi connectivity index (χ0n) is 19.9. The maximum Gasteiger partial charge on any atom is 0.332 e. The highest BCUT2D eigenvalue weighted by molar-refractivity contribution is 7.17. The van der Waals surface area contributed by atoms with E-state index in [2.05, 4.69) is 0 Å². The Hall–Kier alpha value is -3.49. The molecule has 0 fully saturated rings. The number of rotatable bonds is 6. The monoisotopic (exact) mass is 508 g/mol. The Kier molecular flexibility index (Phi) is 6.78. The topological polar surface area (TPSA) is 100.0 Å². The number of aromatic nitrogens is 3. The lowest BCUT2D eigenvalue weighted by Gasteiger charge is -2.13. The van der Waals surface area contributed by atoms with Crippen molar-refractivity contribution >= 4 is 34.5 Å². The minimum atomic E-state index is -0.554. The van der Waals surface area contributed by atoms with Crippen molar-refractivity contribution in [2.24, 2.45) is 7.05 Å². The van der Waals surface area contributed by atoms with E-state index in [9.17, 15) is 14.4 Å². The number of hydrogen-bond donors (Lipinski definition) is 1. The Morgan fingerprint density at radius 3 is 2.43 bits per heavy atom. The zero-order chi connectivity index (χ0) is 25.4. The Morgan fingerprint density at radius 1 is 1.11 bits per heavy atom. The van der Waals surface area contributed by atoms with Gasteiger partial charge in [0.05, 0.1) is 5.69 Å². The van der Waals surface area contributed by atoms with Crippen LogP contribution in [-0.4, -0.2) is 19.9 Å². The molecule has 0 saturated heterocycles. The van der Waals surface area contributed by atoms with Gasteiger partial charge >= 0.3 is 5.69 Å². The van der Waals surface area contributed by atoms with Crippen LogP contribution in [0.4, 0.5) is 5.82 Å². The molecule has 0 aliphatic rings. The van der Waals surface area contributed by atoms with Crippen LogP contribution >= 0.6 is 22.9 Å². The number of carbonyl (C=O) groups excluding carboxylic acids is 1. The van der Waals surface area contributed by atoms with E-state index in [1.54, 1.807) is 30.3 Å². The molecular formula is C26H25ClN4O3S. The summed E-state index contributed by atoms with van der Waals surface area (Å²) in [4.78, 5) is 44.6. The summed E-state index contributed by atoms with van der Waals surface area (Å²) in [6, 6.07) is 12.6. The molecule has 4 rings (SSSR count). The molecule has 0 radical (unpaired) electrons. The fourth-order valence-corrected chi connectivity index (χ4v) is 5.21. The Morgan fingerprint density at radius 2 is 1.80 bits per heavy atom. The molecule has 7 nitrogen and oxygen atoms in total. The van der Waals surface area contributed by atoms with Crippen LogP contribution < -0.4 is 17.0 Å². The van der Waals surface area contributed by atoms with Crippen molar-refractivity contribution in [1.29, 1.82) is 0 Å². The number of carbonyl (C=O) groups is 1.